The fourth-order valence-corrected chi connectivity index (χ4v) is 12.6. The van der Waals surface area contributed by atoms with Crippen molar-refractivity contribution in [1.29, 1.82) is 0 Å². The summed E-state index contributed by atoms with van der Waals surface area (Å²) < 4.78 is 61.9. The summed E-state index contributed by atoms with van der Waals surface area (Å²) in [5, 5.41) is 11.8. The minimum Gasteiger partial charge on any atom is -0.444 e. The number of carbonyl (C=O) groups excluding carboxylic acids is 1. The van der Waals surface area contributed by atoms with Crippen LogP contribution in [0, 0.1) is 0 Å². The molecule has 0 radical (unpaired) electrons. The van der Waals surface area contributed by atoms with E-state index >= 15 is 0 Å². The molecule has 0 spiro atoms. The SMILES string of the molecule is CC(C)(C)OC(=O)N[C@H]1CCC[C@@H](Nc2ncc(Cl)c(-c3cn(S(=O)(=O)c4ccccc4)c4ccccc34)n2)C1.Cl.Cl.N[C@H]1CCC[C@@H](Nc2ncc(Cl)c(-c3cn(S(=O)(=O)c4ccccc4)c4ccccc34)n2)C1. The lowest BCUT2D eigenvalue weighted by Crippen LogP contribution is -2.44. The second-order valence-corrected chi connectivity index (χ2v) is 23.7. The normalized spacial score (nSPS) is 17.9. The second-order valence-electron chi connectivity index (χ2n) is 19.2. The van der Waals surface area contributed by atoms with Gasteiger partial charge in [-0.1, -0.05) is 96.0 Å². The number of ether oxygens (including phenoxy) is 1. The van der Waals surface area contributed by atoms with Crippen molar-refractivity contribution < 1.29 is 26.4 Å². The molecule has 75 heavy (non-hydrogen) atoms. The maximum absolute atomic E-state index is 13.5. The number of nitrogens with one attached hydrogen (secondary N) is 3. The quantitative estimate of drug-likeness (QED) is 0.0949. The maximum Gasteiger partial charge on any atom is 0.407 e. The zero-order valence-electron chi connectivity index (χ0n) is 41.3. The van der Waals surface area contributed by atoms with Crippen LogP contribution < -0.4 is 21.7 Å². The summed E-state index contributed by atoms with van der Waals surface area (Å²) in [7, 11) is -7.66. The molecule has 4 heterocycles. The number of hydrogen-bond acceptors (Lipinski definition) is 13. The van der Waals surface area contributed by atoms with Gasteiger partial charge in [-0.3, -0.25) is 0 Å². The van der Waals surface area contributed by atoms with Crippen molar-refractivity contribution in [2.75, 3.05) is 10.6 Å². The van der Waals surface area contributed by atoms with E-state index in [1.165, 1.54) is 14.1 Å². The molecule has 4 aromatic carbocycles. The highest BCUT2D eigenvalue weighted by Gasteiger charge is 2.29. The number of benzene rings is 4. The van der Waals surface area contributed by atoms with Gasteiger partial charge in [-0.2, -0.15) is 0 Å². The van der Waals surface area contributed by atoms with Crippen molar-refractivity contribution in [1.82, 2.24) is 33.2 Å². The minimum atomic E-state index is -3.86. The molecule has 16 nitrogen and oxygen atoms in total. The standard InChI is InChI=1S/C29H32ClN5O4S.C24H24ClN5O2S.2ClH/c1-29(2,3)39-28(36)33-20-11-9-10-19(16-20)32-27-31-17-24(30)26(34-27)23-18-35(25-15-8-7-14-22(23)25)40(37,38)21-12-5-4-6-13-21;25-21-14-27-24(28-17-8-6-7-16(26)13-17)29-23(21)20-15-30(22-12-5-4-11-19(20)22)33(31,32)18-9-2-1-3-10-18;;/h4-8,12-15,17-20H,9-11,16H2,1-3H3,(H,33,36)(H,31,32,34);1-5,9-12,14-17H,6-8,13,26H2,(H,27,28,29);2*1H/t19-,20+;16-,17+;;/m10../s1. The van der Waals surface area contributed by atoms with Gasteiger partial charge in [0.1, 0.15) is 5.60 Å². The zero-order chi connectivity index (χ0) is 51.5. The van der Waals surface area contributed by atoms with E-state index in [-0.39, 0.29) is 58.8 Å². The average molecular weight is 1140 g/mol. The third kappa shape index (κ3) is 13.0. The van der Waals surface area contributed by atoms with Crippen LogP contribution in [0.1, 0.15) is 72.1 Å². The molecule has 4 atom stereocenters. The van der Waals surface area contributed by atoms with Gasteiger partial charge in [0.25, 0.3) is 20.0 Å². The number of hydrogen-bond donors (Lipinski definition) is 4. The largest absolute Gasteiger partial charge is 0.444 e. The zero-order valence-corrected chi connectivity index (χ0v) is 46.0. The van der Waals surface area contributed by atoms with Crippen molar-refractivity contribution in [3.05, 3.63) is 144 Å². The number of nitrogens with two attached hydrogens (primary N) is 1. The van der Waals surface area contributed by atoms with Gasteiger partial charge in [0, 0.05) is 58.5 Å². The molecule has 5 N–H and O–H groups in total. The third-order valence-corrected chi connectivity index (χ3v) is 16.7. The fourth-order valence-electron chi connectivity index (χ4n) is 9.39. The molecule has 2 aliphatic carbocycles. The number of amides is 1. The Balaban J connectivity index is 0.000000216. The van der Waals surface area contributed by atoms with E-state index in [4.69, 9.17) is 38.7 Å². The van der Waals surface area contributed by atoms with Crippen LogP contribution in [0.4, 0.5) is 16.7 Å². The number of carbonyl (C=O) groups is 1. The van der Waals surface area contributed by atoms with Gasteiger partial charge >= 0.3 is 6.09 Å². The lowest BCUT2D eigenvalue weighted by Gasteiger charge is -2.31. The molecule has 0 saturated heterocycles. The monoisotopic (exact) mass is 1130 g/mol. The predicted octanol–water partition coefficient (Wildman–Crippen LogP) is 11.8. The number of anilines is 2. The topological polar surface area (TPSA) is 218 Å². The molecule has 2 aliphatic rings. The Labute approximate surface area is 459 Å². The van der Waals surface area contributed by atoms with Crippen molar-refractivity contribution in [3.8, 4) is 22.5 Å². The summed E-state index contributed by atoms with van der Waals surface area (Å²) in [5.41, 5.74) is 8.75. The Bertz CT molecular complexity index is 3510. The summed E-state index contributed by atoms with van der Waals surface area (Å²) in [6.07, 6.45) is 13.1. The Hall–Kier alpha value is -5.99. The van der Waals surface area contributed by atoms with Crippen LogP contribution in [0.2, 0.25) is 10.0 Å². The lowest BCUT2D eigenvalue weighted by molar-refractivity contribution is 0.0491. The molecular formula is C53H58Cl4N10O6S2. The van der Waals surface area contributed by atoms with Gasteiger partial charge in [-0.25, -0.2) is 49.5 Å². The van der Waals surface area contributed by atoms with Crippen molar-refractivity contribution in [2.45, 2.75) is 112 Å². The van der Waals surface area contributed by atoms with Crippen LogP contribution in [0.25, 0.3) is 44.3 Å². The lowest BCUT2D eigenvalue weighted by atomic mass is 9.91. The number of nitrogens with zero attached hydrogens (tertiary/aromatic N) is 6. The minimum absolute atomic E-state index is 0. The molecule has 0 aliphatic heterocycles. The number of para-hydroxylation sites is 2. The predicted molar refractivity (Wildman–Crippen MR) is 301 cm³/mol. The molecule has 2 saturated carbocycles. The van der Waals surface area contributed by atoms with Crippen LogP contribution in [-0.4, -0.2) is 80.6 Å². The molecular weight excluding hydrogens is 1080 g/mol. The fraction of sp³-hybridized carbons (Fsp3) is 0.302. The number of halogens is 4. The number of alkyl carbamates (subject to hydrolysis) is 1. The van der Waals surface area contributed by atoms with Crippen LogP contribution in [0.15, 0.2) is 144 Å². The van der Waals surface area contributed by atoms with Crippen LogP contribution >= 0.6 is 48.0 Å². The molecule has 22 heteroatoms. The van der Waals surface area contributed by atoms with E-state index in [0.29, 0.717) is 67.3 Å². The molecule has 8 aromatic rings. The second kappa shape index (κ2) is 23.9. The summed E-state index contributed by atoms with van der Waals surface area (Å²) in [4.78, 5) is 30.8. The maximum atomic E-state index is 13.5. The average Bonchev–Trinajstić information content (AvgIpc) is 3.97. The van der Waals surface area contributed by atoms with E-state index in [1.54, 1.807) is 97.5 Å². The smallest absolute Gasteiger partial charge is 0.407 e. The van der Waals surface area contributed by atoms with Gasteiger partial charge in [0.05, 0.1) is 54.7 Å². The highest BCUT2D eigenvalue weighted by molar-refractivity contribution is 7.90. The van der Waals surface area contributed by atoms with Gasteiger partial charge in [0.15, 0.2) is 0 Å². The molecule has 396 valence electrons. The summed E-state index contributed by atoms with van der Waals surface area (Å²) in [5.74, 6) is 0.835. The molecule has 0 bridgehead atoms. The highest BCUT2D eigenvalue weighted by atomic mass is 35.5. The summed E-state index contributed by atoms with van der Waals surface area (Å²) in [6.45, 7) is 5.51. The molecule has 2 fully saturated rings. The highest BCUT2D eigenvalue weighted by Crippen LogP contribution is 2.38. The van der Waals surface area contributed by atoms with Crippen molar-refractivity contribution in [3.63, 3.8) is 0 Å². The third-order valence-electron chi connectivity index (χ3n) is 12.7. The first kappa shape index (κ1) is 56.7. The Kier molecular flexibility index (Phi) is 18.1. The first-order valence-corrected chi connectivity index (χ1v) is 27.7. The van der Waals surface area contributed by atoms with E-state index in [9.17, 15) is 21.6 Å². The van der Waals surface area contributed by atoms with E-state index in [2.05, 4.69) is 30.9 Å². The first-order chi connectivity index (χ1) is 34.9. The summed E-state index contributed by atoms with van der Waals surface area (Å²) in [6, 6.07) is 31.6. The Morgan fingerprint density at radius 3 is 1.48 bits per heavy atom. The van der Waals surface area contributed by atoms with Gasteiger partial charge in [-0.05, 0) is 109 Å². The van der Waals surface area contributed by atoms with Crippen molar-refractivity contribution in [2.24, 2.45) is 5.73 Å². The molecule has 10 rings (SSSR count). The van der Waals surface area contributed by atoms with Crippen molar-refractivity contribution >= 4 is 108 Å². The molecule has 4 aromatic heterocycles. The van der Waals surface area contributed by atoms with Crippen LogP contribution in [-0.2, 0) is 24.8 Å². The van der Waals surface area contributed by atoms with Gasteiger partial charge in [0.2, 0.25) is 11.9 Å². The van der Waals surface area contributed by atoms with E-state index in [0.717, 1.165) is 50.3 Å². The Morgan fingerprint density at radius 2 is 1.03 bits per heavy atom. The van der Waals surface area contributed by atoms with E-state index in [1.807, 2.05) is 51.1 Å². The number of rotatable bonds is 11. The first-order valence-electron chi connectivity index (χ1n) is 24.1. The molecule has 1 amide bonds. The van der Waals surface area contributed by atoms with Gasteiger partial charge < -0.3 is 26.4 Å². The Morgan fingerprint density at radius 1 is 0.613 bits per heavy atom. The summed E-state index contributed by atoms with van der Waals surface area (Å²) >= 11 is 13.1. The van der Waals surface area contributed by atoms with Crippen LogP contribution in [0.5, 0.6) is 0 Å². The number of aromatic nitrogens is 6. The van der Waals surface area contributed by atoms with Crippen LogP contribution in [0.3, 0.4) is 0 Å². The van der Waals surface area contributed by atoms with E-state index < -0.39 is 31.7 Å². The molecule has 0 unspecified atom stereocenters. The number of fused-ring (bicyclic) bond motifs is 2. The van der Waals surface area contributed by atoms with Gasteiger partial charge in [-0.15, -0.1) is 24.8 Å².